The summed E-state index contributed by atoms with van der Waals surface area (Å²) in [7, 11) is 0. The lowest BCUT2D eigenvalue weighted by Crippen LogP contribution is -2.21. The number of rotatable bonds is 9. The van der Waals surface area contributed by atoms with E-state index in [1.54, 1.807) is 12.1 Å². The number of amides is 2. The minimum Gasteiger partial charge on any atom is -0.494 e. The molecule has 0 spiro atoms. The van der Waals surface area contributed by atoms with Gasteiger partial charge in [-0.25, -0.2) is 0 Å². The predicted octanol–water partition coefficient (Wildman–Crippen LogP) is 2.93. The molecule has 7 heteroatoms. The molecule has 0 aromatic heterocycles. The molecule has 6 nitrogen and oxygen atoms in total. The first-order chi connectivity index (χ1) is 11.6. The number of unbranched alkanes of at least 4 members (excludes halogenated alkanes) is 3. The highest BCUT2D eigenvalue weighted by Gasteiger charge is 2.29. The van der Waals surface area contributed by atoms with E-state index in [9.17, 15) is 9.59 Å². The van der Waals surface area contributed by atoms with E-state index in [1.807, 2.05) is 12.1 Å². The van der Waals surface area contributed by atoms with Crippen LogP contribution in [-0.2, 0) is 9.59 Å². The fourth-order valence-corrected chi connectivity index (χ4v) is 3.09. The molecule has 1 aliphatic rings. The zero-order valence-corrected chi connectivity index (χ0v) is 14.6. The fourth-order valence-electron chi connectivity index (χ4n) is 2.27. The number of hydrogen-bond acceptors (Lipinski definition) is 5. The van der Waals surface area contributed by atoms with E-state index in [1.165, 1.54) is 19.3 Å². The first kappa shape index (κ1) is 18.3. The highest BCUT2D eigenvalue weighted by Crippen LogP contribution is 2.23. The number of anilines is 1. The van der Waals surface area contributed by atoms with Gasteiger partial charge < -0.3 is 15.8 Å². The van der Waals surface area contributed by atoms with E-state index in [0.29, 0.717) is 12.3 Å². The van der Waals surface area contributed by atoms with Crippen LogP contribution in [0.5, 0.6) is 5.75 Å². The third kappa shape index (κ3) is 5.88. The van der Waals surface area contributed by atoms with Crippen molar-refractivity contribution in [1.29, 1.82) is 0 Å². The number of nitrogens with zero attached hydrogens (tertiary/aromatic N) is 1. The quantitative estimate of drug-likeness (QED) is 0.669. The molecule has 1 unspecified atom stereocenters. The third-order valence-electron chi connectivity index (χ3n) is 3.53. The summed E-state index contributed by atoms with van der Waals surface area (Å²) < 4.78 is 5.66. The van der Waals surface area contributed by atoms with Crippen molar-refractivity contribution in [1.82, 2.24) is 0 Å². The van der Waals surface area contributed by atoms with Crippen LogP contribution < -0.4 is 15.8 Å². The van der Waals surface area contributed by atoms with Crippen molar-refractivity contribution in [2.45, 2.75) is 44.3 Å². The van der Waals surface area contributed by atoms with Crippen molar-refractivity contribution in [3.63, 3.8) is 0 Å². The maximum absolute atomic E-state index is 12.0. The van der Waals surface area contributed by atoms with Crippen LogP contribution in [0.4, 0.5) is 5.69 Å². The summed E-state index contributed by atoms with van der Waals surface area (Å²) in [6, 6.07) is 7.22. The summed E-state index contributed by atoms with van der Waals surface area (Å²) in [5.41, 5.74) is 6.14. The molecule has 0 saturated carbocycles. The van der Waals surface area contributed by atoms with Crippen molar-refractivity contribution in [3.05, 3.63) is 24.3 Å². The molecular formula is C17H23N3O3S. The number of thioether (sulfide) groups is 1. The number of carbonyl (C=O) groups excluding carboxylic acids is 2. The Balaban J connectivity index is 1.73. The Kier molecular flexibility index (Phi) is 7.11. The average molecular weight is 349 g/mol. The topological polar surface area (TPSA) is 93.8 Å². The molecule has 1 aromatic carbocycles. The van der Waals surface area contributed by atoms with Gasteiger partial charge in [-0.3, -0.25) is 9.59 Å². The first-order valence-electron chi connectivity index (χ1n) is 8.16. The molecule has 1 atom stereocenters. The van der Waals surface area contributed by atoms with E-state index in [-0.39, 0.29) is 23.4 Å². The van der Waals surface area contributed by atoms with Gasteiger partial charge in [0.05, 0.1) is 6.61 Å². The van der Waals surface area contributed by atoms with Crippen molar-refractivity contribution in [3.8, 4) is 5.75 Å². The lowest BCUT2D eigenvalue weighted by molar-refractivity contribution is -0.121. The van der Waals surface area contributed by atoms with E-state index < -0.39 is 5.25 Å². The molecule has 1 aliphatic heterocycles. The van der Waals surface area contributed by atoms with Crippen LogP contribution in [0.15, 0.2) is 29.3 Å². The number of carbonyl (C=O) groups is 2. The number of amidine groups is 1. The molecule has 2 rings (SSSR count). The maximum atomic E-state index is 12.0. The Morgan fingerprint density at radius 3 is 2.67 bits per heavy atom. The van der Waals surface area contributed by atoms with Gasteiger partial charge in [0.2, 0.25) is 5.91 Å². The summed E-state index contributed by atoms with van der Waals surface area (Å²) in [6.45, 7) is 2.88. The zero-order valence-electron chi connectivity index (χ0n) is 13.8. The number of hydrogen-bond donors (Lipinski definition) is 2. The maximum Gasteiger partial charge on any atom is 0.262 e. The van der Waals surface area contributed by atoms with Gasteiger partial charge in [-0.05, 0) is 30.7 Å². The Hall–Kier alpha value is -2.02. The third-order valence-corrected chi connectivity index (χ3v) is 4.52. The average Bonchev–Trinajstić information content (AvgIpc) is 2.86. The zero-order chi connectivity index (χ0) is 17.4. The summed E-state index contributed by atoms with van der Waals surface area (Å²) in [4.78, 5) is 27.1. The molecule has 24 heavy (non-hydrogen) atoms. The van der Waals surface area contributed by atoms with Gasteiger partial charge in [-0.2, -0.15) is 4.99 Å². The number of ether oxygens (including phenoxy) is 1. The lowest BCUT2D eigenvalue weighted by Gasteiger charge is -2.09. The molecule has 0 fully saturated rings. The molecule has 0 bridgehead atoms. The van der Waals surface area contributed by atoms with Crippen LogP contribution in [0.25, 0.3) is 0 Å². The van der Waals surface area contributed by atoms with Gasteiger partial charge in [0.1, 0.15) is 11.0 Å². The standard InChI is InChI=1S/C17H23N3O3S/c1-2-3-4-5-10-23-13-8-6-12(7-9-13)19-15(21)11-14-16(22)20-17(18)24-14/h6-9,14H,2-5,10-11H2,1H3,(H,19,21)(H2,18,20,22). The number of aliphatic imine (C=N–C) groups is 1. The first-order valence-corrected chi connectivity index (χ1v) is 9.04. The van der Waals surface area contributed by atoms with E-state index in [0.717, 1.165) is 23.9 Å². The number of nitrogens with two attached hydrogens (primary N) is 1. The SMILES string of the molecule is CCCCCCOc1ccc(NC(=O)CC2SC(N)=NC2=O)cc1. The predicted molar refractivity (Wildman–Crippen MR) is 97.3 cm³/mol. The van der Waals surface area contributed by atoms with Crippen molar-refractivity contribution < 1.29 is 14.3 Å². The van der Waals surface area contributed by atoms with Crippen LogP contribution in [0, 0.1) is 0 Å². The molecule has 1 aromatic rings. The molecule has 3 N–H and O–H groups in total. The van der Waals surface area contributed by atoms with E-state index >= 15 is 0 Å². The van der Waals surface area contributed by atoms with Gasteiger partial charge in [-0.15, -0.1) is 0 Å². The molecule has 0 radical (unpaired) electrons. The highest BCUT2D eigenvalue weighted by molar-refractivity contribution is 8.15. The van der Waals surface area contributed by atoms with Crippen LogP contribution in [0.3, 0.4) is 0 Å². The second kappa shape index (κ2) is 9.32. The summed E-state index contributed by atoms with van der Waals surface area (Å²) in [5, 5.41) is 2.47. The largest absolute Gasteiger partial charge is 0.494 e. The van der Waals surface area contributed by atoms with E-state index in [4.69, 9.17) is 10.5 Å². The monoisotopic (exact) mass is 349 g/mol. The van der Waals surface area contributed by atoms with Gasteiger partial charge in [0.25, 0.3) is 5.91 Å². The smallest absolute Gasteiger partial charge is 0.262 e. The number of benzene rings is 1. The summed E-state index contributed by atoms with van der Waals surface area (Å²) in [6.07, 6.45) is 4.72. The Morgan fingerprint density at radius 2 is 2.04 bits per heavy atom. The lowest BCUT2D eigenvalue weighted by atomic mass is 10.2. The van der Waals surface area contributed by atoms with Crippen LogP contribution in [0.1, 0.15) is 39.0 Å². The molecular weight excluding hydrogens is 326 g/mol. The second-order valence-electron chi connectivity index (χ2n) is 5.58. The van der Waals surface area contributed by atoms with Crippen molar-refractivity contribution in [2.75, 3.05) is 11.9 Å². The Bertz CT molecular complexity index is 602. The van der Waals surface area contributed by atoms with Gasteiger partial charge in [0, 0.05) is 12.1 Å². The molecule has 0 saturated heterocycles. The molecule has 130 valence electrons. The highest BCUT2D eigenvalue weighted by atomic mass is 32.2. The van der Waals surface area contributed by atoms with Crippen LogP contribution in [0.2, 0.25) is 0 Å². The van der Waals surface area contributed by atoms with E-state index in [2.05, 4.69) is 17.2 Å². The number of nitrogens with one attached hydrogen (secondary N) is 1. The Morgan fingerprint density at radius 1 is 1.29 bits per heavy atom. The van der Waals surface area contributed by atoms with Gasteiger partial charge >= 0.3 is 0 Å². The molecule has 1 heterocycles. The molecule has 2 amide bonds. The molecule has 0 aliphatic carbocycles. The van der Waals surface area contributed by atoms with Gasteiger partial charge in [-0.1, -0.05) is 37.9 Å². The second-order valence-corrected chi connectivity index (χ2v) is 6.80. The minimum atomic E-state index is -0.518. The van der Waals surface area contributed by atoms with Crippen LogP contribution in [-0.4, -0.2) is 28.8 Å². The van der Waals surface area contributed by atoms with Gasteiger partial charge in [0.15, 0.2) is 5.17 Å². The fraction of sp³-hybridized carbons (Fsp3) is 0.471. The Labute approximate surface area is 146 Å². The van der Waals surface area contributed by atoms with Crippen molar-refractivity contribution in [2.24, 2.45) is 10.7 Å². The summed E-state index contributed by atoms with van der Waals surface area (Å²) >= 11 is 1.13. The minimum absolute atomic E-state index is 0.0589. The normalized spacial score (nSPS) is 16.8. The van der Waals surface area contributed by atoms with Crippen LogP contribution >= 0.6 is 11.8 Å². The van der Waals surface area contributed by atoms with Crippen molar-refractivity contribution >= 4 is 34.4 Å². The summed E-state index contributed by atoms with van der Waals surface area (Å²) in [5.74, 6) is 0.200.